The van der Waals surface area contributed by atoms with Crippen LogP contribution >= 0.6 is 0 Å². The SMILES string of the molecule is CC1OC(OC2CC3C4(C)CCC(OC5OCC(O)C(O)C5O)C(C)(C)C4CCC3(C)C3(C)CCC(C4(C)CCC(C(C)(C)O)O4)C23)C(O)C(O)C1O. The fourth-order valence-corrected chi connectivity index (χ4v) is 13.8. The molecule has 0 radical (unpaired) electrons. The van der Waals surface area contributed by atoms with E-state index >= 15 is 0 Å². The summed E-state index contributed by atoms with van der Waals surface area (Å²) in [5.41, 5.74) is -2.06. The van der Waals surface area contributed by atoms with Crippen LogP contribution in [0.25, 0.3) is 0 Å². The minimum atomic E-state index is -1.41. The van der Waals surface area contributed by atoms with Crippen LogP contribution in [0.2, 0.25) is 0 Å². The lowest BCUT2D eigenvalue weighted by atomic mass is 9.35. The van der Waals surface area contributed by atoms with Gasteiger partial charge < -0.3 is 59.4 Å². The van der Waals surface area contributed by atoms with Crippen LogP contribution in [0.5, 0.6) is 0 Å². The van der Waals surface area contributed by atoms with Crippen LogP contribution in [0, 0.1) is 45.3 Å². The fraction of sp³-hybridized carbons (Fsp3) is 1.00. The van der Waals surface area contributed by atoms with E-state index < -0.39 is 66.5 Å². The minimum absolute atomic E-state index is 0.0517. The third-order valence-corrected chi connectivity index (χ3v) is 17.1. The number of fused-ring (bicyclic) bond motifs is 5. The fourth-order valence-electron chi connectivity index (χ4n) is 13.8. The van der Waals surface area contributed by atoms with Crippen LogP contribution in [-0.4, -0.2) is 127 Å². The molecule has 7 fully saturated rings. The molecule has 12 nitrogen and oxygen atoms in total. The molecule has 0 aromatic heterocycles. The summed E-state index contributed by atoms with van der Waals surface area (Å²) in [4.78, 5) is 0. The Hall–Kier alpha value is -0.480. The monoisotopic (exact) mass is 754 g/mol. The summed E-state index contributed by atoms with van der Waals surface area (Å²) in [7, 11) is 0. The second kappa shape index (κ2) is 13.5. The van der Waals surface area contributed by atoms with Crippen LogP contribution in [0.4, 0.5) is 0 Å². The zero-order valence-corrected chi connectivity index (χ0v) is 33.5. The summed E-state index contributed by atoms with van der Waals surface area (Å²) in [6.07, 6.45) is -3.59. The smallest absolute Gasteiger partial charge is 0.186 e. The molecule has 0 aromatic carbocycles. The van der Waals surface area contributed by atoms with Gasteiger partial charge >= 0.3 is 0 Å². The zero-order chi connectivity index (χ0) is 38.8. The average molecular weight is 755 g/mol. The minimum Gasteiger partial charge on any atom is -0.388 e. The Morgan fingerprint density at radius 3 is 2.00 bits per heavy atom. The van der Waals surface area contributed by atoms with Crippen molar-refractivity contribution in [3.63, 3.8) is 0 Å². The molecule has 7 N–H and O–H groups in total. The molecule has 0 aromatic rings. The van der Waals surface area contributed by atoms with Gasteiger partial charge in [0, 0.05) is 0 Å². The van der Waals surface area contributed by atoms with Crippen molar-refractivity contribution in [2.24, 2.45) is 45.3 Å². The van der Waals surface area contributed by atoms with Crippen molar-refractivity contribution in [2.75, 3.05) is 6.61 Å². The van der Waals surface area contributed by atoms with Gasteiger partial charge in [0.25, 0.3) is 0 Å². The van der Waals surface area contributed by atoms with Crippen molar-refractivity contribution in [2.45, 2.75) is 205 Å². The normalized spacial score (nSPS) is 57.1. The Balaban J connectivity index is 1.22. The summed E-state index contributed by atoms with van der Waals surface area (Å²) in [5, 5.41) is 74.7. The van der Waals surface area contributed by atoms with Gasteiger partial charge in [-0.3, -0.25) is 0 Å². The van der Waals surface area contributed by atoms with E-state index in [0.717, 1.165) is 57.8 Å². The summed E-state index contributed by atoms with van der Waals surface area (Å²) in [5.74, 6) is 0.697. The zero-order valence-electron chi connectivity index (χ0n) is 33.5. The Morgan fingerprint density at radius 1 is 0.679 bits per heavy atom. The van der Waals surface area contributed by atoms with Gasteiger partial charge in [-0.15, -0.1) is 0 Å². The van der Waals surface area contributed by atoms with Gasteiger partial charge in [-0.05, 0) is 131 Å². The number of ether oxygens (including phenoxy) is 5. The lowest BCUT2D eigenvalue weighted by Crippen LogP contribution is -2.68. The van der Waals surface area contributed by atoms with E-state index in [-0.39, 0.29) is 70.3 Å². The van der Waals surface area contributed by atoms with Crippen LogP contribution in [-0.2, 0) is 23.7 Å². The molecule has 3 aliphatic heterocycles. The first-order valence-corrected chi connectivity index (χ1v) is 20.6. The van der Waals surface area contributed by atoms with E-state index in [0.29, 0.717) is 0 Å². The molecular formula is C41H70O12. The number of rotatable bonds is 6. The molecule has 3 heterocycles. The van der Waals surface area contributed by atoms with Crippen molar-refractivity contribution in [1.82, 2.24) is 0 Å². The largest absolute Gasteiger partial charge is 0.388 e. The maximum Gasteiger partial charge on any atom is 0.186 e. The summed E-state index contributed by atoms with van der Waals surface area (Å²) in [6.45, 7) is 19.4. The molecule has 3 saturated heterocycles. The van der Waals surface area contributed by atoms with Crippen molar-refractivity contribution < 1.29 is 59.4 Å². The molecule has 20 atom stereocenters. The van der Waals surface area contributed by atoms with E-state index in [4.69, 9.17) is 23.7 Å². The van der Waals surface area contributed by atoms with Crippen molar-refractivity contribution in [3.8, 4) is 0 Å². The van der Waals surface area contributed by atoms with Crippen LogP contribution in [0.1, 0.15) is 120 Å². The molecular weight excluding hydrogens is 684 g/mol. The summed E-state index contributed by atoms with van der Waals surface area (Å²) >= 11 is 0. The summed E-state index contributed by atoms with van der Waals surface area (Å²) in [6, 6.07) is 0. The van der Waals surface area contributed by atoms with E-state index in [2.05, 4.69) is 41.5 Å². The van der Waals surface area contributed by atoms with Gasteiger partial charge in [0.05, 0.1) is 42.2 Å². The molecule has 0 amide bonds. The topological polar surface area (TPSA) is 188 Å². The first-order chi connectivity index (χ1) is 24.5. The number of aliphatic hydroxyl groups is 7. The predicted molar refractivity (Wildman–Crippen MR) is 193 cm³/mol. The maximum atomic E-state index is 11.2. The van der Waals surface area contributed by atoms with Crippen molar-refractivity contribution >= 4 is 0 Å². The predicted octanol–water partition coefficient (Wildman–Crippen LogP) is 3.03. The molecule has 7 aliphatic rings. The first-order valence-electron chi connectivity index (χ1n) is 20.6. The highest BCUT2D eigenvalue weighted by atomic mass is 16.7. The third-order valence-electron chi connectivity index (χ3n) is 17.1. The first kappa shape index (κ1) is 40.7. The van der Waals surface area contributed by atoms with Crippen LogP contribution < -0.4 is 0 Å². The standard InChI is InChI=1S/C41H70O12/c1-20-29(43)31(45)33(47)35(50-20)51-23-18-25-38(6)14-12-26(52-34-32(46)30(44)22(42)19-49-34)36(2,3)24(38)11-16-39(25,7)40(8)15-10-21(28(23)40)41(9)17-13-27(53-41)37(4,5)48/h20-35,42-48H,10-19H2,1-9H3. The highest BCUT2D eigenvalue weighted by molar-refractivity contribution is 5.21. The Bertz CT molecular complexity index is 1340. The molecule has 53 heavy (non-hydrogen) atoms. The Morgan fingerprint density at radius 2 is 1.34 bits per heavy atom. The quantitative estimate of drug-likeness (QED) is 0.197. The van der Waals surface area contributed by atoms with E-state index in [1.165, 1.54) is 0 Å². The third kappa shape index (κ3) is 6.22. The highest BCUT2D eigenvalue weighted by Gasteiger charge is 2.73. The second-order valence-electron chi connectivity index (χ2n) is 20.6. The summed E-state index contributed by atoms with van der Waals surface area (Å²) < 4.78 is 32.2. The maximum absolute atomic E-state index is 11.2. The van der Waals surface area contributed by atoms with Crippen molar-refractivity contribution in [1.29, 1.82) is 0 Å². The van der Waals surface area contributed by atoms with Gasteiger partial charge in [0.1, 0.15) is 36.6 Å². The lowest BCUT2D eigenvalue weighted by molar-refractivity contribution is -0.335. The van der Waals surface area contributed by atoms with Gasteiger partial charge in [-0.25, -0.2) is 0 Å². The van der Waals surface area contributed by atoms with E-state index in [1.54, 1.807) is 6.92 Å². The lowest BCUT2D eigenvalue weighted by Gasteiger charge is -2.71. The number of hydrogen-bond acceptors (Lipinski definition) is 12. The molecule has 7 rings (SSSR count). The van der Waals surface area contributed by atoms with Gasteiger partial charge in [-0.1, -0.05) is 34.6 Å². The molecule has 0 bridgehead atoms. The van der Waals surface area contributed by atoms with Crippen LogP contribution in [0.3, 0.4) is 0 Å². The molecule has 0 spiro atoms. The molecule has 12 heteroatoms. The van der Waals surface area contributed by atoms with Gasteiger partial charge in [0.15, 0.2) is 12.6 Å². The van der Waals surface area contributed by atoms with Gasteiger partial charge in [-0.2, -0.15) is 0 Å². The van der Waals surface area contributed by atoms with Crippen LogP contribution in [0.15, 0.2) is 0 Å². The second-order valence-corrected chi connectivity index (χ2v) is 20.6. The molecule has 20 unspecified atom stereocenters. The van der Waals surface area contributed by atoms with Gasteiger partial charge in [0.2, 0.25) is 0 Å². The van der Waals surface area contributed by atoms with E-state index in [9.17, 15) is 35.7 Å². The molecule has 4 aliphatic carbocycles. The van der Waals surface area contributed by atoms with Crippen molar-refractivity contribution in [3.05, 3.63) is 0 Å². The number of hydrogen-bond donors (Lipinski definition) is 7. The van der Waals surface area contributed by atoms with E-state index in [1.807, 2.05) is 13.8 Å². The average Bonchev–Trinajstić information content (AvgIpc) is 3.67. The molecule has 4 saturated carbocycles. The highest BCUT2D eigenvalue weighted by Crippen LogP contribution is 2.76. The Kier molecular flexibility index (Phi) is 10.4. The molecule has 306 valence electrons. The Labute approximate surface area is 315 Å². The number of aliphatic hydroxyl groups excluding tert-OH is 6.